The number of amides is 1. The van der Waals surface area contributed by atoms with Gasteiger partial charge in [0.15, 0.2) is 0 Å². The third-order valence-corrected chi connectivity index (χ3v) is 4.81. The predicted molar refractivity (Wildman–Crippen MR) is 108 cm³/mol. The number of aromatic amines is 1. The van der Waals surface area contributed by atoms with Crippen LogP contribution in [0.2, 0.25) is 0 Å². The Balaban J connectivity index is 1.63. The number of aromatic nitrogens is 1. The van der Waals surface area contributed by atoms with Gasteiger partial charge >= 0.3 is 6.18 Å². The van der Waals surface area contributed by atoms with Gasteiger partial charge in [0, 0.05) is 23.0 Å². The summed E-state index contributed by atoms with van der Waals surface area (Å²) in [5, 5.41) is 3.79. The van der Waals surface area contributed by atoms with Crippen LogP contribution in [0.1, 0.15) is 21.5 Å². The zero-order valence-corrected chi connectivity index (χ0v) is 15.5. The van der Waals surface area contributed by atoms with Gasteiger partial charge in [-0.25, -0.2) is 0 Å². The van der Waals surface area contributed by atoms with E-state index < -0.39 is 17.6 Å². The summed E-state index contributed by atoms with van der Waals surface area (Å²) in [6, 6.07) is 17.8. The van der Waals surface area contributed by atoms with Crippen molar-refractivity contribution >= 4 is 22.5 Å². The molecule has 4 rings (SSSR count). The Morgan fingerprint density at radius 3 is 2.59 bits per heavy atom. The smallest absolute Gasteiger partial charge is 0.361 e. The molecule has 0 saturated heterocycles. The van der Waals surface area contributed by atoms with Crippen LogP contribution in [0, 0.1) is 6.92 Å². The monoisotopic (exact) mass is 394 g/mol. The molecule has 0 radical (unpaired) electrons. The SMILES string of the molecule is Cc1ccc(NC(=O)c2cccc(C(F)(F)F)c2)cc1-c1ccc2cc[nH]c2c1. The van der Waals surface area contributed by atoms with E-state index in [-0.39, 0.29) is 5.56 Å². The minimum Gasteiger partial charge on any atom is -0.361 e. The highest BCUT2D eigenvalue weighted by Gasteiger charge is 2.30. The Bertz CT molecular complexity index is 1210. The molecule has 1 amide bonds. The molecule has 0 spiro atoms. The number of fused-ring (bicyclic) bond motifs is 1. The first-order valence-corrected chi connectivity index (χ1v) is 8.98. The summed E-state index contributed by atoms with van der Waals surface area (Å²) in [5.74, 6) is -0.592. The Morgan fingerprint density at radius 1 is 0.966 bits per heavy atom. The van der Waals surface area contributed by atoms with E-state index >= 15 is 0 Å². The summed E-state index contributed by atoms with van der Waals surface area (Å²) >= 11 is 0. The summed E-state index contributed by atoms with van der Waals surface area (Å²) in [6.45, 7) is 1.96. The third-order valence-electron chi connectivity index (χ3n) is 4.81. The first-order valence-electron chi connectivity index (χ1n) is 8.98. The molecule has 0 aliphatic carbocycles. The molecule has 1 aromatic heterocycles. The number of halogens is 3. The van der Waals surface area contributed by atoms with E-state index in [4.69, 9.17) is 0 Å². The fraction of sp³-hybridized carbons (Fsp3) is 0.0870. The second-order valence-electron chi connectivity index (χ2n) is 6.84. The van der Waals surface area contributed by atoms with Gasteiger partial charge in [-0.2, -0.15) is 13.2 Å². The summed E-state index contributed by atoms with van der Waals surface area (Å²) in [4.78, 5) is 15.7. The number of hydrogen-bond acceptors (Lipinski definition) is 1. The van der Waals surface area contributed by atoms with Crippen molar-refractivity contribution in [3.8, 4) is 11.1 Å². The fourth-order valence-electron chi connectivity index (χ4n) is 3.27. The molecule has 0 bridgehead atoms. The van der Waals surface area contributed by atoms with Crippen molar-refractivity contribution in [1.82, 2.24) is 4.98 Å². The van der Waals surface area contributed by atoms with Gasteiger partial charge in [0.25, 0.3) is 5.91 Å². The topological polar surface area (TPSA) is 44.9 Å². The number of anilines is 1. The number of carbonyl (C=O) groups excluding carboxylic acids is 1. The molecule has 0 aliphatic rings. The first kappa shape index (κ1) is 18.8. The van der Waals surface area contributed by atoms with E-state index in [0.29, 0.717) is 5.69 Å². The Hall–Kier alpha value is -3.54. The van der Waals surface area contributed by atoms with Gasteiger partial charge in [0.1, 0.15) is 0 Å². The molecule has 0 fully saturated rings. The summed E-state index contributed by atoms with van der Waals surface area (Å²) in [5.41, 5.74) is 3.55. The zero-order valence-electron chi connectivity index (χ0n) is 15.5. The van der Waals surface area contributed by atoms with Gasteiger partial charge in [0.05, 0.1) is 5.56 Å². The molecule has 29 heavy (non-hydrogen) atoms. The number of hydrogen-bond donors (Lipinski definition) is 2. The molecule has 2 N–H and O–H groups in total. The lowest BCUT2D eigenvalue weighted by atomic mass is 9.99. The van der Waals surface area contributed by atoms with E-state index in [2.05, 4.69) is 10.3 Å². The number of nitrogens with one attached hydrogen (secondary N) is 2. The second-order valence-corrected chi connectivity index (χ2v) is 6.84. The van der Waals surface area contributed by atoms with Crippen molar-refractivity contribution in [1.29, 1.82) is 0 Å². The van der Waals surface area contributed by atoms with Crippen molar-refractivity contribution in [3.63, 3.8) is 0 Å². The number of carbonyl (C=O) groups is 1. The standard InChI is InChI=1S/C23H17F3N2O/c1-14-5-8-19(13-20(14)16-7-6-15-9-10-27-21(15)12-16)28-22(29)17-3-2-4-18(11-17)23(24,25)26/h2-13,27H,1H3,(H,28,29). The van der Waals surface area contributed by atoms with E-state index in [1.165, 1.54) is 12.1 Å². The molecule has 0 unspecified atom stereocenters. The molecule has 0 atom stereocenters. The summed E-state index contributed by atoms with van der Waals surface area (Å²) in [6.07, 6.45) is -2.63. The van der Waals surface area contributed by atoms with Crippen LogP contribution in [-0.2, 0) is 6.18 Å². The van der Waals surface area contributed by atoms with Crippen molar-refractivity contribution < 1.29 is 18.0 Å². The molecule has 0 saturated carbocycles. The average molecular weight is 394 g/mol. The maximum Gasteiger partial charge on any atom is 0.416 e. The maximum absolute atomic E-state index is 12.9. The van der Waals surface area contributed by atoms with Crippen LogP contribution >= 0.6 is 0 Å². The largest absolute Gasteiger partial charge is 0.416 e. The van der Waals surface area contributed by atoms with Crippen LogP contribution in [0.4, 0.5) is 18.9 Å². The minimum atomic E-state index is -4.50. The lowest BCUT2D eigenvalue weighted by molar-refractivity contribution is -0.137. The van der Waals surface area contributed by atoms with E-state index in [9.17, 15) is 18.0 Å². The molecular weight excluding hydrogens is 377 g/mol. The van der Waals surface area contributed by atoms with Crippen molar-refractivity contribution in [2.24, 2.45) is 0 Å². The Morgan fingerprint density at radius 2 is 1.79 bits per heavy atom. The summed E-state index contributed by atoms with van der Waals surface area (Å²) in [7, 11) is 0. The van der Waals surface area contributed by atoms with Crippen molar-refractivity contribution in [2.45, 2.75) is 13.1 Å². The van der Waals surface area contributed by atoms with Crippen LogP contribution in [0.5, 0.6) is 0 Å². The highest BCUT2D eigenvalue weighted by molar-refractivity contribution is 6.04. The minimum absolute atomic E-state index is 0.0465. The lowest BCUT2D eigenvalue weighted by Crippen LogP contribution is -2.14. The normalized spacial score (nSPS) is 11.6. The average Bonchev–Trinajstić information content (AvgIpc) is 3.16. The maximum atomic E-state index is 12.9. The van der Waals surface area contributed by atoms with Crippen LogP contribution in [0.25, 0.3) is 22.0 Å². The van der Waals surface area contributed by atoms with Gasteiger partial charge in [-0.1, -0.05) is 24.3 Å². The second kappa shape index (κ2) is 7.13. The number of H-pyrrole nitrogens is 1. The van der Waals surface area contributed by atoms with Gasteiger partial charge in [-0.3, -0.25) is 4.79 Å². The number of alkyl halides is 3. The predicted octanol–water partition coefficient (Wildman–Crippen LogP) is 6.41. The van der Waals surface area contributed by atoms with Crippen molar-refractivity contribution in [3.05, 3.63) is 89.6 Å². The highest BCUT2D eigenvalue weighted by Crippen LogP contribution is 2.31. The Labute approximate surface area is 165 Å². The van der Waals surface area contributed by atoms with Gasteiger partial charge in [0.2, 0.25) is 0 Å². The number of aryl methyl sites for hydroxylation is 1. The van der Waals surface area contributed by atoms with Gasteiger partial charge < -0.3 is 10.3 Å². The molecule has 1 heterocycles. The molecule has 3 aromatic carbocycles. The molecule has 0 aliphatic heterocycles. The van der Waals surface area contributed by atoms with E-state index in [1.807, 2.05) is 49.5 Å². The molecule has 3 nitrogen and oxygen atoms in total. The Kier molecular flexibility index (Phi) is 4.62. The highest BCUT2D eigenvalue weighted by atomic mass is 19.4. The number of rotatable bonds is 3. The van der Waals surface area contributed by atoms with Gasteiger partial charge in [-0.15, -0.1) is 0 Å². The van der Waals surface area contributed by atoms with Crippen molar-refractivity contribution in [2.75, 3.05) is 5.32 Å². The zero-order chi connectivity index (χ0) is 20.6. The molecule has 4 aromatic rings. The van der Waals surface area contributed by atoms with Crippen LogP contribution in [-0.4, -0.2) is 10.9 Å². The number of benzene rings is 3. The molecule has 6 heteroatoms. The molecule has 146 valence electrons. The van der Waals surface area contributed by atoms with Crippen LogP contribution in [0.3, 0.4) is 0 Å². The van der Waals surface area contributed by atoms with E-state index in [1.54, 1.807) is 6.07 Å². The summed E-state index contributed by atoms with van der Waals surface area (Å²) < 4.78 is 38.7. The quantitative estimate of drug-likeness (QED) is 0.414. The van der Waals surface area contributed by atoms with Crippen LogP contribution in [0.15, 0.2) is 72.9 Å². The first-order chi connectivity index (χ1) is 13.8. The van der Waals surface area contributed by atoms with Crippen LogP contribution < -0.4 is 5.32 Å². The van der Waals surface area contributed by atoms with Gasteiger partial charge in [-0.05, 0) is 71.5 Å². The third kappa shape index (κ3) is 3.87. The fourth-order valence-corrected chi connectivity index (χ4v) is 3.27. The van der Waals surface area contributed by atoms with E-state index in [0.717, 1.165) is 39.7 Å². The lowest BCUT2D eigenvalue weighted by Gasteiger charge is -2.12. The molecular formula is C23H17F3N2O.